The van der Waals surface area contributed by atoms with Crippen LogP contribution < -0.4 is 10.5 Å². The van der Waals surface area contributed by atoms with E-state index in [1.54, 1.807) is 12.1 Å². The van der Waals surface area contributed by atoms with E-state index >= 15 is 0 Å². The zero-order valence-corrected chi connectivity index (χ0v) is 12.0. The summed E-state index contributed by atoms with van der Waals surface area (Å²) < 4.78 is 19.5. The monoisotopic (exact) mass is 265 g/mol. The van der Waals surface area contributed by atoms with Gasteiger partial charge in [0, 0.05) is 11.6 Å². The molecular weight excluding hydrogens is 241 g/mol. The fraction of sp³-hybridized carbons (Fsp3) is 0.625. The van der Waals surface area contributed by atoms with Crippen molar-refractivity contribution in [2.45, 2.75) is 57.8 Å². The van der Waals surface area contributed by atoms with Crippen molar-refractivity contribution in [3.63, 3.8) is 0 Å². The maximum absolute atomic E-state index is 13.8. The molecule has 3 heteroatoms. The van der Waals surface area contributed by atoms with E-state index in [0.29, 0.717) is 6.61 Å². The Morgan fingerprint density at radius 1 is 1.21 bits per heavy atom. The van der Waals surface area contributed by atoms with Crippen molar-refractivity contribution >= 4 is 5.69 Å². The first-order valence-corrected chi connectivity index (χ1v) is 7.29. The summed E-state index contributed by atoms with van der Waals surface area (Å²) in [5.74, 6) is 0.426. The highest BCUT2D eigenvalue weighted by molar-refractivity contribution is 5.52. The minimum absolute atomic E-state index is 0.00947. The van der Waals surface area contributed by atoms with E-state index in [1.807, 2.05) is 6.92 Å². The first kappa shape index (κ1) is 14.2. The normalized spacial score (nSPS) is 18.9. The number of rotatable bonds is 3. The molecule has 0 heterocycles. The molecule has 19 heavy (non-hydrogen) atoms. The van der Waals surface area contributed by atoms with Gasteiger partial charge in [0.15, 0.2) is 0 Å². The molecule has 2 rings (SSSR count). The third kappa shape index (κ3) is 3.02. The van der Waals surface area contributed by atoms with Crippen molar-refractivity contribution < 1.29 is 9.13 Å². The first-order chi connectivity index (χ1) is 9.07. The lowest BCUT2D eigenvalue weighted by atomic mass is 9.75. The molecule has 2 N–H and O–H groups in total. The molecule has 0 unspecified atom stereocenters. The highest BCUT2D eigenvalue weighted by atomic mass is 19.1. The molecular formula is C16H24FNO. The Balaban J connectivity index is 2.43. The lowest BCUT2D eigenvalue weighted by molar-refractivity contribution is 0.316. The average Bonchev–Trinajstić information content (AvgIpc) is 2.59. The number of benzene rings is 1. The summed E-state index contributed by atoms with van der Waals surface area (Å²) in [7, 11) is 0. The van der Waals surface area contributed by atoms with Crippen LogP contribution in [-0.2, 0) is 5.41 Å². The molecule has 0 saturated heterocycles. The fourth-order valence-corrected chi connectivity index (χ4v) is 3.09. The number of nitrogens with two attached hydrogens (primary N) is 1. The molecule has 2 nitrogen and oxygen atoms in total. The van der Waals surface area contributed by atoms with E-state index < -0.39 is 0 Å². The second-order valence-corrected chi connectivity index (χ2v) is 5.78. The van der Waals surface area contributed by atoms with Gasteiger partial charge >= 0.3 is 0 Å². The topological polar surface area (TPSA) is 35.2 Å². The summed E-state index contributed by atoms with van der Waals surface area (Å²) >= 11 is 0. The minimum atomic E-state index is -0.330. The van der Waals surface area contributed by atoms with Crippen molar-refractivity contribution in [2.75, 3.05) is 12.3 Å². The van der Waals surface area contributed by atoms with Gasteiger partial charge in [0.2, 0.25) is 0 Å². The van der Waals surface area contributed by atoms with Crippen molar-refractivity contribution in [2.24, 2.45) is 0 Å². The van der Waals surface area contributed by atoms with Gasteiger partial charge in [-0.25, -0.2) is 4.39 Å². The zero-order valence-electron chi connectivity index (χ0n) is 12.0. The molecule has 0 aromatic heterocycles. The highest BCUT2D eigenvalue weighted by Gasteiger charge is 2.31. The number of hydrogen-bond acceptors (Lipinski definition) is 2. The molecule has 0 amide bonds. The van der Waals surface area contributed by atoms with Crippen molar-refractivity contribution in [3.05, 3.63) is 23.5 Å². The van der Waals surface area contributed by atoms with Crippen LogP contribution in [0.4, 0.5) is 10.1 Å². The Morgan fingerprint density at radius 3 is 2.42 bits per heavy atom. The van der Waals surface area contributed by atoms with Crippen LogP contribution >= 0.6 is 0 Å². The Labute approximate surface area is 115 Å². The lowest BCUT2D eigenvalue weighted by Gasteiger charge is -2.31. The van der Waals surface area contributed by atoms with Gasteiger partial charge in [-0.05, 0) is 31.2 Å². The summed E-state index contributed by atoms with van der Waals surface area (Å²) in [6.07, 6.45) is 7.14. The number of nitrogen functional groups attached to an aromatic ring is 1. The van der Waals surface area contributed by atoms with Crippen LogP contribution in [0.15, 0.2) is 12.1 Å². The number of halogens is 1. The Kier molecular flexibility index (Phi) is 4.33. The van der Waals surface area contributed by atoms with Gasteiger partial charge in [0.05, 0.1) is 12.3 Å². The zero-order chi connectivity index (χ0) is 13.9. The second-order valence-electron chi connectivity index (χ2n) is 5.78. The SMILES string of the molecule is CCOc1cc(N)c(F)cc1C1(C)CCCCCC1. The molecule has 0 aliphatic heterocycles. The van der Waals surface area contributed by atoms with Crippen LogP contribution in [0.1, 0.15) is 57.9 Å². The summed E-state index contributed by atoms with van der Waals surface area (Å²) in [5.41, 5.74) is 6.84. The third-order valence-electron chi connectivity index (χ3n) is 4.26. The number of anilines is 1. The standard InChI is InChI=1S/C16H24FNO/c1-3-19-15-11-14(18)13(17)10-12(15)16(2)8-6-4-5-7-9-16/h10-11H,3-9,18H2,1-2H3. The largest absolute Gasteiger partial charge is 0.493 e. The molecule has 106 valence electrons. The Hall–Kier alpha value is -1.25. The van der Waals surface area contributed by atoms with Crippen LogP contribution in [0.2, 0.25) is 0 Å². The molecule has 1 fully saturated rings. The van der Waals surface area contributed by atoms with Crippen LogP contribution in [0.25, 0.3) is 0 Å². The molecule has 0 atom stereocenters. The van der Waals surface area contributed by atoms with E-state index in [9.17, 15) is 4.39 Å². The van der Waals surface area contributed by atoms with Gasteiger partial charge in [-0.2, -0.15) is 0 Å². The molecule has 0 spiro atoms. The van der Waals surface area contributed by atoms with Crippen molar-refractivity contribution in [1.29, 1.82) is 0 Å². The summed E-state index contributed by atoms with van der Waals surface area (Å²) in [5, 5.41) is 0. The van der Waals surface area contributed by atoms with Gasteiger partial charge in [-0.3, -0.25) is 0 Å². The Bertz CT molecular complexity index is 437. The fourth-order valence-electron chi connectivity index (χ4n) is 3.09. The average molecular weight is 265 g/mol. The van der Waals surface area contributed by atoms with Gasteiger partial charge in [0.1, 0.15) is 11.6 Å². The second kappa shape index (κ2) is 5.81. The summed E-state index contributed by atoms with van der Waals surface area (Å²) in [4.78, 5) is 0. The minimum Gasteiger partial charge on any atom is -0.493 e. The van der Waals surface area contributed by atoms with Crippen molar-refractivity contribution in [1.82, 2.24) is 0 Å². The van der Waals surface area contributed by atoms with Crippen LogP contribution in [0, 0.1) is 5.82 Å². The maximum atomic E-state index is 13.8. The summed E-state index contributed by atoms with van der Waals surface area (Å²) in [6, 6.07) is 3.23. The molecule has 1 aromatic rings. The smallest absolute Gasteiger partial charge is 0.146 e. The van der Waals surface area contributed by atoms with Crippen LogP contribution in [0.5, 0.6) is 5.75 Å². The van der Waals surface area contributed by atoms with E-state index in [4.69, 9.17) is 10.5 Å². The first-order valence-electron chi connectivity index (χ1n) is 7.29. The predicted molar refractivity (Wildman–Crippen MR) is 77.0 cm³/mol. The highest BCUT2D eigenvalue weighted by Crippen LogP contribution is 2.43. The van der Waals surface area contributed by atoms with Gasteiger partial charge in [0.25, 0.3) is 0 Å². The Morgan fingerprint density at radius 2 is 1.84 bits per heavy atom. The van der Waals surface area contributed by atoms with E-state index in [-0.39, 0.29) is 16.9 Å². The van der Waals surface area contributed by atoms with Gasteiger partial charge in [-0.15, -0.1) is 0 Å². The van der Waals surface area contributed by atoms with E-state index in [2.05, 4.69) is 6.92 Å². The van der Waals surface area contributed by atoms with Crippen LogP contribution in [-0.4, -0.2) is 6.61 Å². The van der Waals surface area contributed by atoms with Gasteiger partial charge in [-0.1, -0.05) is 32.6 Å². The van der Waals surface area contributed by atoms with Crippen LogP contribution in [0.3, 0.4) is 0 Å². The lowest BCUT2D eigenvalue weighted by Crippen LogP contribution is -2.22. The van der Waals surface area contributed by atoms with E-state index in [1.165, 1.54) is 25.7 Å². The van der Waals surface area contributed by atoms with Crippen molar-refractivity contribution in [3.8, 4) is 5.75 Å². The molecule has 0 bridgehead atoms. The van der Waals surface area contributed by atoms with E-state index in [0.717, 1.165) is 24.2 Å². The third-order valence-corrected chi connectivity index (χ3v) is 4.26. The number of ether oxygens (including phenoxy) is 1. The number of hydrogen-bond donors (Lipinski definition) is 1. The van der Waals surface area contributed by atoms with Gasteiger partial charge < -0.3 is 10.5 Å². The predicted octanol–water partition coefficient (Wildman–Crippen LogP) is 4.42. The molecule has 0 radical (unpaired) electrons. The maximum Gasteiger partial charge on any atom is 0.146 e. The quantitative estimate of drug-likeness (QED) is 0.648. The molecule has 1 aliphatic carbocycles. The molecule has 1 saturated carbocycles. The summed E-state index contributed by atoms with van der Waals surface area (Å²) in [6.45, 7) is 4.75. The molecule has 1 aromatic carbocycles. The molecule has 1 aliphatic rings.